The first kappa shape index (κ1) is 14.5. The van der Waals surface area contributed by atoms with E-state index < -0.39 is 0 Å². The van der Waals surface area contributed by atoms with Gasteiger partial charge in [-0.05, 0) is 40.6 Å². The average Bonchev–Trinajstić information content (AvgIpc) is 3.03. The van der Waals surface area contributed by atoms with Gasteiger partial charge in [0.15, 0.2) is 0 Å². The second-order valence-corrected chi connectivity index (χ2v) is 7.25. The van der Waals surface area contributed by atoms with Crippen molar-refractivity contribution in [3.8, 4) is 0 Å². The fourth-order valence-corrected chi connectivity index (χ4v) is 4.43. The predicted octanol–water partition coefficient (Wildman–Crippen LogP) is 2.67. The van der Waals surface area contributed by atoms with Crippen LogP contribution in [-0.2, 0) is 9.53 Å². The van der Waals surface area contributed by atoms with Crippen LogP contribution >= 0.6 is 15.9 Å². The largest absolute Gasteiger partial charge is 0.378 e. The third-order valence-electron chi connectivity index (χ3n) is 5.15. The molecule has 1 aromatic heterocycles. The van der Waals surface area contributed by atoms with Crippen molar-refractivity contribution in [1.29, 1.82) is 0 Å². The van der Waals surface area contributed by atoms with Crippen molar-refractivity contribution in [1.82, 2.24) is 4.98 Å². The summed E-state index contributed by atoms with van der Waals surface area (Å²) in [6.07, 6.45) is 5.50. The molecule has 1 saturated heterocycles. The van der Waals surface area contributed by atoms with Crippen molar-refractivity contribution >= 4 is 33.3 Å². The number of anilines is 2. The van der Waals surface area contributed by atoms with Gasteiger partial charge >= 0.3 is 0 Å². The number of hydrogen-bond donors (Lipinski definition) is 1. The van der Waals surface area contributed by atoms with Crippen molar-refractivity contribution in [2.75, 3.05) is 36.5 Å². The fourth-order valence-electron chi connectivity index (χ4n) is 3.96. The summed E-state index contributed by atoms with van der Waals surface area (Å²) >= 11 is 3.56. The Labute approximate surface area is 138 Å². The van der Waals surface area contributed by atoms with Crippen LogP contribution in [0.3, 0.4) is 0 Å². The minimum absolute atomic E-state index is 0.150. The van der Waals surface area contributed by atoms with Crippen molar-refractivity contribution in [3.05, 3.63) is 16.7 Å². The van der Waals surface area contributed by atoms with E-state index in [1.54, 1.807) is 6.20 Å². The maximum Gasteiger partial charge on any atom is 0.229 e. The van der Waals surface area contributed by atoms with E-state index in [-0.39, 0.29) is 11.8 Å². The van der Waals surface area contributed by atoms with Crippen LogP contribution in [0.5, 0.6) is 0 Å². The SMILES string of the molecule is O=C(Nc1cc(N2CCOCC2)c(Br)cn1)C1C2CCCC21. The van der Waals surface area contributed by atoms with Gasteiger partial charge in [-0.15, -0.1) is 0 Å². The third kappa shape index (κ3) is 2.63. The Hall–Kier alpha value is -1.14. The number of morpholine rings is 1. The molecule has 1 aliphatic heterocycles. The van der Waals surface area contributed by atoms with Gasteiger partial charge in [0, 0.05) is 31.3 Å². The van der Waals surface area contributed by atoms with E-state index in [0.29, 0.717) is 17.7 Å². The predicted molar refractivity (Wildman–Crippen MR) is 87.9 cm³/mol. The Balaban J connectivity index is 1.46. The standard InChI is InChI=1S/C16H20BrN3O2/c17-12-9-18-14(8-13(12)20-4-6-22-7-5-20)19-16(21)15-10-2-1-3-11(10)15/h8-11,15H,1-7H2,(H,18,19,21). The lowest BCUT2D eigenvalue weighted by atomic mass is 10.1. The molecule has 2 atom stereocenters. The van der Waals surface area contributed by atoms with E-state index in [4.69, 9.17) is 4.74 Å². The average molecular weight is 366 g/mol. The topological polar surface area (TPSA) is 54.5 Å². The summed E-state index contributed by atoms with van der Waals surface area (Å²) < 4.78 is 6.35. The Bertz CT molecular complexity index is 579. The van der Waals surface area contributed by atoms with Gasteiger partial charge in [-0.2, -0.15) is 0 Å². The maximum absolute atomic E-state index is 12.4. The number of fused-ring (bicyclic) bond motifs is 1. The molecule has 1 amide bonds. The number of halogens is 1. The minimum Gasteiger partial charge on any atom is -0.378 e. The molecule has 5 nitrogen and oxygen atoms in total. The number of rotatable bonds is 3. The highest BCUT2D eigenvalue weighted by Gasteiger charge is 2.56. The molecule has 3 aliphatic rings. The van der Waals surface area contributed by atoms with Crippen LogP contribution in [0, 0.1) is 17.8 Å². The molecule has 1 N–H and O–H groups in total. The fraction of sp³-hybridized carbons (Fsp3) is 0.625. The van der Waals surface area contributed by atoms with E-state index in [2.05, 4.69) is 31.1 Å². The molecule has 2 unspecified atom stereocenters. The second kappa shape index (κ2) is 5.81. The van der Waals surface area contributed by atoms with Crippen LogP contribution in [0.15, 0.2) is 16.7 Å². The summed E-state index contributed by atoms with van der Waals surface area (Å²) in [7, 11) is 0. The minimum atomic E-state index is 0.150. The van der Waals surface area contributed by atoms with Gasteiger partial charge in [0.25, 0.3) is 0 Å². The molecule has 0 spiro atoms. The third-order valence-corrected chi connectivity index (χ3v) is 5.76. The first-order chi connectivity index (χ1) is 10.7. The number of carbonyl (C=O) groups is 1. The highest BCUT2D eigenvalue weighted by atomic mass is 79.9. The molecule has 0 bridgehead atoms. The Morgan fingerprint density at radius 3 is 2.77 bits per heavy atom. The molecule has 22 heavy (non-hydrogen) atoms. The lowest BCUT2D eigenvalue weighted by Gasteiger charge is -2.29. The van der Waals surface area contributed by atoms with Crippen LogP contribution in [0.25, 0.3) is 0 Å². The molecule has 4 rings (SSSR count). The molecule has 3 fully saturated rings. The first-order valence-electron chi connectivity index (χ1n) is 8.03. The molecule has 2 aliphatic carbocycles. The summed E-state index contributed by atoms with van der Waals surface area (Å²) in [6.45, 7) is 3.20. The number of pyridine rings is 1. The van der Waals surface area contributed by atoms with Crippen LogP contribution in [0.1, 0.15) is 19.3 Å². The molecule has 118 valence electrons. The number of ether oxygens (including phenoxy) is 1. The summed E-state index contributed by atoms with van der Waals surface area (Å²) in [5.41, 5.74) is 1.07. The van der Waals surface area contributed by atoms with Crippen molar-refractivity contribution in [2.24, 2.45) is 17.8 Å². The van der Waals surface area contributed by atoms with Crippen molar-refractivity contribution in [3.63, 3.8) is 0 Å². The van der Waals surface area contributed by atoms with Crippen LogP contribution in [0.2, 0.25) is 0 Å². The summed E-state index contributed by atoms with van der Waals surface area (Å²) in [5.74, 6) is 2.30. The number of carbonyl (C=O) groups excluding carboxylic acids is 1. The van der Waals surface area contributed by atoms with Gasteiger partial charge in [-0.1, -0.05) is 6.42 Å². The summed E-state index contributed by atoms with van der Waals surface area (Å²) in [4.78, 5) is 19.0. The Morgan fingerprint density at radius 1 is 1.32 bits per heavy atom. The van der Waals surface area contributed by atoms with Gasteiger partial charge < -0.3 is 15.0 Å². The quantitative estimate of drug-likeness (QED) is 0.894. The van der Waals surface area contributed by atoms with Crippen LogP contribution in [0.4, 0.5) is 11.5 Å². The van der Waals surface area contributed by atoms with Gasteiger partial charge in [-0.25, -0.2) is 4.98 Å². The van der Waals surface area contributed by atoms with Crippen LogP contribution < -0.4 is 10.2 Å². The first-order valence-corrected chi connectivity index (χ1v) is 8.82. The lowest BCUT2D eigenvalue weighted by Crippen LogP contribution is -2.36. The molecule has 2 saturated carbocycles. The van der Waals surface area contributed by atoms with E-state index in [9.17, 15) is 4.79 Å². The monoisotopic (exact) mass is 365 g/mol. The lowest BCUT2D eigenvalue weighted by molar-refractivity contribution is -0.118. The van der Waals surface area contributed by atoms with Gasteiger partial charge in [0.2, 0.25) is 5.91 Å². The normalized spacial score (nSPS) is 30.0. The molecule has 0 radical (unpaired) electrons. The van der Waals surface area contributed by atoms with Gasteiger partial charge in [0.1, 0.15) is 5.82 Å². The molecular formula is C16H20BrN3O2. The number of nitrogens with one attached hydrogen (secondary N) is 1. The Morgan fingerprint density at radius 2 is 2.05 bits per heavy atom. The van der Waals surface area contributed by atoms with E-state index in [1.165, 1.54) is 19.3 Å². The summed E-state index contributed by atoms with van der Waals surface area (Å²) in [5, 5.41) is 3.01. The number of nitrogens with zero attached hydrogens (tertiary/aromatic N) is 2. The number of hydrogen-bond acceptors (Lipinski definition) is 4. The van der Waals surface area contributed by atoms with E-state index in [0.717, 1.165) is 36.5 Å². The smallest absolute Gasteiger partial charge is 0.229 e. The van der Waals surface area contributed by atoms with Crippen molar-refractivity contribution < 1.29 is 9.53 Å². The van der Waals surface area contributed by atoms with Crippen LogP contribution in [-0.4, -0.2) is 37.2 Å². The zero-order valence-corrected chi connectivity index (χ0v) is 14.0. The van der Waals surface area contributed by atoms with E-state index in [1.807, 2.05) is 6.07 Å². The zero-order chi connectivity index (χ0) is 15.1. The molecule has 1 aromatic rings. The maximum atomic E-state index is 12.4. The Kier molecular flexibility index (Phi) is 3.82. The van der Waals surface area contributed by atoms with Crippen molar-refractivity contribution in [2.45, 2.75) is 19.3 Å². The van der Waals surface area contributed by atoms with E-state index >= 15 is 0 Å². The number of amides is 1. The molecule has 2 heterocycles. The highest BCUT2D eigenvalue weighted by molar-refractivity contribution is 9.10. The second-order valence-electron chi connectivity index (χ2n) is 6.39. The number of aromatic nitrogens is 1. The molecule has 0 aromatic carbocycles. The molecular weight excluding hydrogens is 346 g/mol. The molecule has 6 heteroatoms. The zero-order valence-electron chi connectivity index (χ0n) is 12.4. The highest BCUT2D eigenvalue weighted by Crippen LogP contribution is 2.57. The summed E-state index contributed by atoms with van der Waals surface area (Å²) in [6, 6.07) is 1.96. The van der Waals surface area contributed by atoms with Gasteiger partial charge in [-0.3, -0.25) is 4.79 Å². The van der Waals surface area contributed by atoms with Gasteiger partial charge in [0.05, 0.1) is 23.4 Å².